The van der Waals surface area contributed by atoms with Gasteiger partial charge in [-0.05, 0) is 0 Å². The van der Waals surface area contributed by atoms with E-state index in [1.807, 2.05) is 0 Å². The first-order chi connectivity index (χ1) is 2.00. The maximum Gasteiger partial charge on any atom is 2.00 e. The van der Waals surface area contributed by atoms with Crippen molar-refractivity contribution in [2.75, 3.05) is 0 Å². The number of hydrogen-bond donors (Lipinski definition) is 0. The number of rotatable bonds is 0. The molecule has 0 N–H and O–H groups in total. The molecule has 40 heteroatoms. The zero-order chi connectivity index (χ0) is 4.00. The molecular weight excluding hydrogens is 9330 g/mol. The van der Waals surface area contributed by atoms with Crippen LogP contribution in [0.15, 0.2) is 6.58 Å². The van der Waals surface area contributed by atoms with E-state index in [2.05, 4.69) is 13.2 Å². The Morgan fingerprint density at radius 1 is 0.186 bits per heavy atom. The molecule has 0 fully saturated rings. The molecule has 0 saturated heterocycles. The van der Waals surface area contributed by atoms with Crippen LogP contribution < -0.4 is 0 Å². The van der Waals surface area contributed by atoms with Crippen LogP contribution in [0.5, 0.6) is 0 Å². The largest absolute Gasteiger partial charge is 2.00 e. The summed E-state index contributed by atoms with van der Waals surface area (Å²) >= 11 is 0. The summed E-state index contributed by atoms with van der Waals surface area (Å²) in [6, 6.07) is 0. The molecule has 43 heavy (non-hydrogen) atoms. The molecular formula is C3H3NU39. The predicted molar refractivity (Wildman–Crippen MR) is 14.9 cm³/mol. The van der Waals surface area contributed by atoms with Gasteiger partial charge in [0.2, 0.25) is 0 Å². The van der Waals surface area contributed by atoms with Crippen molar-refractivity contribution in [2.24, 2.45) is 0 Å². The topological polar surface area (TPSA) is 23.8 Å². The van der Waals surface area contributed by atoms with Crippen molar-refractivity contribution in [3.63, 3.8) is 0 Å². The Labute approximate surface area is 1190 Å². The Morgan fingerprint density at radius 3 is 0.186 bits per heavy atom. The van der Waals surface area contributed by atoms with Crippen molar-refractivity contribution >= 4 is 0 Å². The monoisotopic (exact) mass is 9340 g/mol. The molecule has 176 valence electrons. The first-order valence-electron chi connectivity index (χ1n) is 0.632. The van der Waals surface area contributed by atoms with E-state index in [0.29, 0.717) is 0 Å². The van der Waals surface area contributed by atoms with Gasteiger partial charge in [-0.3, -0.25) is 6.58 Å². The summed E-state index contributed by atoms with van der Waals surface area (Å²) in [5.74, 6) is 0. The molecule has 0 aliphatic heterocycles. The fraction of sp³-hybridized carbons (Fsp3) is 0. The third kappa shape index (κ3) is 327. The number of nitrogens with zero attached hydrogens (tertiary/aromatic N) is 1. The van der Waals surface area contributed by atoms with Gasteiger partial charge in [0, 0.05) is 1180 Å². The van der Waals surface area contributed by atoms with Gasteiger partial charge in [-0.25, -0.2) is 0 Å². The SMILES string of the molecule is [C-]#N.[CH-]=C.[U+2].[U].[U].[U].[U].[U].[U].[U].[U].[U].[U].[U].[U].[U].[U].[U].[U].[U].[U].[U].[U].[U].[U].[U].[U].[U].[U].[U].[U].[U].[U].[U].[U].[U].[U].[U].[U].[U].[U]. The summed E-state index contributed by atoms with van der Waals surface area (Å²) in [5, 5.41) is 6.25. The molecule has 0 saturated carbocycles. The molecule has 0 aliphatic rings. The van der Waals surface area contributed by atoms with Crippen molar-refractivity contribution in [2.45, 2.75) is 0 Å². The fourth-order valence-electron chi connectivity index (χ4n) is 0. The molecule has 0 atom stereocenters. The Hall–Kier alpha value is 40.3. The van der Waals surface area contributed by atoms with E-state index >= 15 is 0 Å². The molecule has 0 aromatic rings. The molecule has 1 nitrogen and oxygen atoms in total. The Kier molecular flexibility index (Phi) is 2460. The predicted octanol–water partition coefficient (Wildman–Crippen LogP) is 0.702. The Morgan fingerprint density at radius 2 is 0.186 bits per heavy atom. The molecule has 0 aromatic heterocycles. The maximum atomic E-state index is 6.25. The van der Waals surface area contributed by atoms with E-state index in [0.717, 1.165) is 0 Å². The molecule has 0 aliphatic carbocycles. The van der Waals surface area contributed by atoms with Crippen molar-refractivity contribution in [3.05, 3.63) is 19.7 Å². The second kappa shape index (κ2) is 335. The van der Waals surface area contributed by atoms with Crippen LogP contribution in [-0.4, -0.2) is 0 Å². The minimum Gasteiger partial charge on any atom is -0.521 e. The summed E-state index contributed by atoms with van der Waals surface area (Å²) in [6.07, 6.45) is 0. The van der Waals surface area contributed by atoms with Gasteiger partial charge in [-0.2, -0.15) is 0 Å². The standard InChI is InChI=1S/C2H3.CN.39U/c2*1-2;;;;;;;;;;;;;;;;;;;;;;;;;;;;;;;;;;;;;;;/h1H,2H2;;;;;;;;;;;;;;;;;;;;;;;;;;;;;;;;;;;;;;;;/q2*-1;;;;;;;;;;;;;;;;;;;;;;;;;;;;;;;;;;;;;;;+2. The minimum absolute atomic E-state index is 0. The third-order valence-electron chi connectivity index (χ3n) is 0. The van der Waals surface area contributed by atoms with E-state index in [-0.39, 0.29) is 1210 Å². The van der Waals surface area contributed by atoms with Gasteiger partial charge in [0.1, 0.15) is 0 Å². The van der Waals surface area contributed by atoms with E-state index < -0.39 is 0 Å². The smallest absolute Gasteiger partial charge is 0.521 e. The van der Waals surface area contributed by atoms with Gasteiger partial charge in [0.05, 0.1) is 0 Å². The molecule has 0 aromatic carbocycles. The molecule has 0 bridgehead atoms. The van der Waals surface area contributed by atoms with Gasteiger partial charge in [-0.1, -0.05) is 0 Å². The van der Waals surface area contributed by atoms with E-state index in [4.69, 9.17) is 11.8 Å². The zero-order valence-corrected chi connectivity index (χ0v) is 184. The Bertz CT molecular complexity index is 33.7. The van der Waals surface area contributed by atoms with Crippen LogP contribution in [0.25, 0.3) is 0 Å². The first kappa shape index (κ1) is 315. The summed E-state index contributed by atoms with van der Waals surface area (Å²) in [5.41, 5.74) is 0. The van der Waals surface area contributed by atoms with E-state index in [9.17, 15) is 0 Å². The van der Waals surface area contributed by atoms with E-state index in [1.54, 1.807) is 0 Å². The van der Waals surface area contributed by atoms with Crippen LogP contribution in [0, 0.1) is 1230 Å². The summed E-state index contributed by atoms with van der Waals surface area (Å²) < 4.78 is 0. The van der Waals surface area contributed by atoms with Gasteiger partial charge < -0.3 is 18.4 Å². The number of hydrogen-bond acceptors (Lipinski definition) is 1. The second-order valence-electron chi connectivity index (χ2n) is 0. The van der Waals surface area contributed by atoms with E-state index in [1.165, 1.54) is 0 Å². The van der Waals surface area contributed by atoms with Gasteiger partial charge in [0.25, 0.3) is 0 Å². The average molecular weight is 9340 g/mol. The van der Waals surface area contributed by atoms with Crippen molar-refractivity contribution < 1.29 is 1210 Å². The van der Waals surface area contributed by atoms with Crippen LogP contribution in [-0.2, 0) is 0 Å². The van der Waals surface area contributed by atoms with Crippen molar-refractivity contribution in [1.29, 1.82) is 5.26 Å². The van der Waals surface area contributed by atoms with Gasteiger partial charge >= 0.3 is 31.1 Å². The molecule has 0 heterocycles. The van der Waals surface area contributed by atoms with Crippen LogP contribution in [0.1, 0.15) is 0 Å². The van der Waals surface area contributed by atoms with Crippen LogP contribution in [0.3, 0.4) is 0 Å². The van der Waals surface area contributed by atoms with Crippen LogP contribution in [0.2, 0.25) is 0 Å². The second-order valence-corrected chi connectivity index (χ2v) is 0. The average Bonchev–Trinajstić information content (AvgIpc) is 1.50. The quantitative estimate of drug-likeness (QED) is 0.329. The van der Waals surface area contributed by atoms with Crippen LogP contribution >= 0.6 is 0 Å². The molecule has 0 radical (unpaired) electrons. The maximum absolute atomic E-state index is 6.25. The van der Waals surface area contributed by atoms with Gasteiger partial charge in [0.15, 0.2) is 0 Å². The van der Waals surface area contributed by atoms with Crippen LogP contribution in [0.4, 0.5) is 0 Å². The van der Waals surface area contributed by atoms with Gasteiger partial charge in [-0.15, -0.1) is 0 Å². The summed E-state index contributed by atoms with van der Waals surface area (Å²) in [4.78, 5) is 0. The molecule has 0 amide bonds. The normalized spacial score (nSPS) is 0.140. The summed E-state index contributed by atoms with van der Waals surface area (Å²) in [6.45, 7) is 11.8. The van der Waals surface area contributed by atoms with Crippen molar-refractivity contribution in [1.82, 2.24) is 0 Å². The zero-order valence-electron chi connectivity index (χ0n) is 21.7. The molecule has 0 rings (SSSR count). The summed E-state index contributed by atoms with van der Waals surface area (Å²) in [7, 11) is 0. The third-order valence-corrected chi connectivity index (χ3v) is 0. The van der Waals surface area contributed by atoms with Crippen molar-refractivity contribution in [3.8, 4) is 0 Å². The first-order valence-corrected chi connectivity index (χ1v) is 0.632. The fourth-order valence-corrected chi connectivity index (χ4v) is 0. The molecule has 0 spiro atoms. The minimum atomic E-state index is 0. The molecule has 0 unspecified atom stereocenters. The Balaban J connectivity index is -0.0000000000250.